The number of nitrogens with one attached hydrogen (secondary N) is 1. The van der Waals surface area contributed by atoms with Gasteiger partial charge in [0.2, 0.25) is 5.91 Å². The molecular formula is C28H26N2O6S2. The third-order valence-corrected chi connectivity index (χ3v) is 8.96. The smallest absolute Gasteiger partial charge is 0.273 e. The number of ether oxygens (including phenoxy) is 2. The van der Waals surface area contributed by atoms with Crippen molar-refractivity contribution in [2.75, 3.05) is 18.1 Å². The molecular weight excluding hydrogens is 524 g/mol. The molecule has 0 aliphatic carbocycles. The molecule has 2 heterocycles. The molecule has 0 radical (unpaired) electrons. The first-order valence-electron chi connectivity index (χ1n) is 12.2. The second-order valence-corrected chi connectivity index (χ2v) is 11.5. The Labute approximate surface area is 224 Å². The maximum atomic E-state index is 13.7. The third kappa shape index (κ3) is 4.72. The lowest BCUT2D eigenvalue weighted by Crippen LogP contribution is -2.31. The molecule has 38 heavy (non-hydrogen) atoms. The number of sulfonamides is 1. The highest BCUT2D eigenvalue weighted by Gasteiger charge is 2.36. The van der Waals surface area contributed by atoms with Crippen molar-refractivity contribution in [2.45, 2.75) is 31.0 Å². The zero-order valence-electron chi connectivity index (χ0n) is 20.9. The van der Waals surface area contributed by atoms with E-state index in [2.05, 4.69) is 4.72 Å². The number of rotatable bonds is 9. The van der Waals surface area contributed by atoms with E-state index in [1.54, 1.807) is 40.6 Å². The van der Waals surface area contributed by atoms with Crippen LogP contribution in [0.3, 0.4) is 0 Å². The second-order valence-electron chi connectivity index (χ2n) is 8.62. The Morgan fingerprint density at radius 2 is 1.61 bits per heavy atom. The SMILES string of the molecule is CCOc1c2c(c(OCC)c3ccccc13)C(=O)N(c1ccc(CC(=O)NS(=O)(=O)c3cccs3)cc1)C2. The van der Waals surface area contributed by atoms with Crippen LogP contribution in [-0.4, -0.2) is 33.4 Å². The quantitative estimate of drug-likeness (QED) is 0.318. The van der Waals surface area contributed by atoms with Gasteiger partial charge in [0.1, 0.15) is 15.7 Å². The molecule has 1 N–H and O–H groups in total. The maximum absolute atomic E-state index is 13.7. The molecule has 0 atom stereocenters. The zero-order valence-corrected chi connectivity index (χ0v) is 22.5. The molecule has 2 amide bonds. The van der Waals surface area contributed by atoms with Crippen molar-refractivity contribution in [3.05, 3.63) is 82.7 Å². The van der Waals surface area contributed by atoms with Crippen molar-refractivity contribution >= 4 is 49.6 Å². The minimum Gasteiger partial charge on any atom is -0.493 e. The highest BCUT2D eigenvalue weighted by Crippen LogP contribution is 2.46. The van der Waals surface area contributed by atoms with Gasteiger partial charge < -0.3 is 14.4 Å². The van der Waals surface area contributed by atoms with Gasteiger partial charge >= 0.3 is 0 Å². The van der Waals surface area contributed by atoms with Gasteiger partial charge in [0, 0.05) is 22.0 Å². The summed E-state index contributed by atoms with van der Waals surface area (Å²) < 4.78 is 38.8. The van der Waals surface area contributed by atoms with E-state index in [-0.39, 0.29) is 16.5 Å². The number of anilines is 1. The van der Waals surface area contributed by atoms with Crippen molar-refractivity contribution in [1.29, 1.82) is 0 Å². The summed E-state index contributed by atoms with van der Waals surface area (Å²) in [4.78, 5) is 27.7. The van der Waals surface area contributed by atoms with Crippen LogP contribution in [0.25, 0.3) is 10.8 Å². The van der Waals surface area contributed by atoms with Gasteiger partial charge in [-0.15, -0.1) is 11.3 Å². The molecule has 10 heteroatoms. The van der Waals surface area contributed by atoms with E-state index in [4.69, 9.17) is 9.47 Å². The first-order chi connectivity index (χ1) is 18.3. The van der Waals surface area contributed by atoms with Gasteiger partial charge in [0.25, 0.3) is 15.9 Å². The molecule has 196 valence electrons. The molecule has 8 nitrogen and oxygen atoms in total. The molecule has 0 bridgehead atoms. The standard InChI is InChI=1S/C28H26N2O6S2/c1-3-35-26-20-8-5-6-9-21(20)27(36-4-2)25-22(26)17-30(28(25)32)19-13-11-18(12-14-19)16-23(31)29-38(33,34)24-10-7-15-37-24/h5-15H,3-4,16-17H2,1-2H3,(H,29,31). The average molecular weight is 551 g/mol. The van der Waals surface area contributed by atoms with E-state index in [1.807, 2.05) is 38.1 Å². The average Bonchev–Trinajstić information content (AvgIpc) is 3.56. The fourth-order valence-electron chi connectivity index (χ4n) is 4.61. The van der Waals surface area contributed by atoms with Gasteiger partial charge in [-0.3, -0.25) is 9.59 Å². The molecule has 1 aliphatic rings. The Hall–Kier alpha value is -3.89. The number of nitrogens with zero attached hydrogens (tertiary/aromatic N) is 1. The predicted octanol–water partition coefficient (Wildman–Crippen LogP) is 4.91. The summed E-state index contributed by atoms with van der Waals surface area (Å²) in [6.07, 6.45) is -0.118. The van der Waals surface area contributed by atoms with Crippen LogP contribution >= 0.6 is 11.3 Å². The van der Waals surface area contributed by atoms with E-state index >= 15 is 0 Å². The largest absolute Gasteiger partial charge is 0.493 e. The lowest BCUT2D eigenvalue weighted by Gasteiger charge is -2.16. The fourth-order valence-corrected chi connectivity index (χ4v) is 6.59. The van der Waals surface area contributed by atoms with E-state index < -0.39 is 15.9 Å². The molecule has 0 saturated carbocycles. The van der Waals surface area contributed by atoms with E-state index in [1.165, 1.54) is 6.07 Å². The summed E-state index contributed by atoms with van der Waals surface area (Å²) in [6.45, 7) is 4.98. The number of hydrogen-bond donors (Lipinski definition) is 1. The summed E-state index contributed by atoms with van der Waals surface area (Å²) in [5.41, 5.74) is 2.54. The molecule has 0 spiro atoms. The number of amides is 2. The monoisotopic (exact) mass is 550 g/mol. The van der Waals surface area contributed by atoms with Gasteiger partial charge in [-0.2, -0.15) is 0 Å². The van der Waals surface area contributed by atoms with E-state index in [0.29, 0.717) is 48.1 Å². The highest BCUT2D eigenvalue weighted by atomic mass is 32.2. The van der Waals surface area contributed by atoms with E-state index in [0.717, 1.165) is 27.7 Å². The van der Waals surface area contributed by atoms with Crippen molar-refractivity contribution < 1.29 is 27.5 Å². The summed E-state index contributed by atoms with van der Waals surface area (Å²) in [6, 6.07) is 17.7. The number of hydrogen-bond acceptors (Lipinski definition) is 7. The van der Waals surface area contributed by atoms with Crippen LogP contribution in [0.1, 0.15) is 35.3 Å². The van der Waals surface area contributed by atoms with Crippen molar-refractivity contribution in [3.63, 3.8) is 0 Å². The van der Waals surface area contributed by atoms with Crippen LogP contribution < -0.4 is 19.1 Å². The minimum atomic E-state index is -3.89. The van der Waals surface area contributed by atoms with Crippen LogP contribution in [-0.2, 0) is 27.8 Å². The summed E-state index contributed by atoms with van der Waals surface area (Å²) in [5, 5.41) is 3.35. The molecule has 0 saturated heterocycles. The fraction of sp³-hybridized carbons (Fsp3) is 0.214. The van der Waals surface area contributed by atoms with Crippen LogP contribution in [0.4, 0.5) is 5.69 Å². The molecule has 1 aliphatic heterocycles. The highest BCUT2D eigenvalue weighted by molar-refractivity contribution is 7.92. The normalized spacial score (nSPS) is 13.0. The first kappa shape index (κ1) is 25.7. The summed E-state index contributed by atoms with van der Waals surface area (Å²) >= 11 is 1.04. The number of thiophene rings is 1. The van der Waals surface area contributed by atoms with Gasteiger partial charge in [-0.25, -0.2) is 13.1 Å². The Bertz CT molecular complexity index is 1610. The zero-order chi connectivity index (χ0) is 26.9. The topological polar surface area (TPSA) is 102 Å². The number of fused-ring (bicyclic) bond motifs is 2. The van der Waals surface area contributed by atoms with Crippen LogP contribution in [0.5, 0.6) is 11.5 Å². The number of carbonyl (C=O) groups excluding carboxylic acids is 2. The molecule has 0 unspecified atom stereocenters. The Morgan fingerprint density at radius 1 is 0.947 bits per heavy atom. The third-order valence-electron chi connectivity index (χ3n) is 6.19. The molecule has 3 aromatic carbocycles. The maximum Gasteiger partial charge on any atom is 0.273 e. The lowest BCUT2D eigenvalue weighted by atomic mass is 9.99. The van der Waals surface area contributed by atoms with E-state index in [9.17, 15) is 18.0 Å². The Morgan fingerprint density at radius 3 is 2.24 bits per heavy atom. The van der Waals surface area contributed by atoms with Gasteiger partial charge in [-0.05, 0) is 43.0 Å². The lowest BCUT2D eigenvalue weighted by molar-refractivity contribution is -0.118. The van der Waals surface area contributed by atoms with Crippen LogP contribution in [0.2, 0.25) is 0 Å². The van der Waals surface area contributed by atoms with Crippen molar-refractivity contribution in [1.82, 2.24) is 4.72 Å². The van der Waals surface area contributed by atoms with Crippen molar-refractivity contribution in [3.8, 4) is 11.5 Å². The van der Waals surface area contributed by atoms with Gasteiger partial charge in [0.05, 0.1) is 31.7 Å². The summed E-state index contributed by atoms with van der Waals surface area (Å²) in [5.74, 6) is 0.403. The number of carbonyl (C=O) groups is 2. The minimum absolute atomic E-state index is 0.0822. The van der Waals surface area contributed by atoms with Gasteiger partial charge in [0.15, 0.2) is 0 Å². The Balaban J connectivity index is 1.41. The predicted molar refractivity (Wildman–Crippen MR) is 147 cm³/mol. The van der Waals surface area contributed by atoms with Gasteiger partial charge in [-0.1, -0.05) is 42.5 Å². The van der Waals surface area contributed by atoms with Crippen molar-refractivity contribution in [2.24, 2.45) is 0 Å². The molecule has 1 aromatic heterocycles. The number of benzene rings is 3. The van der Waals surface area contributed by atoms with Crippen LogP contribution in [0, 0.1) is 0 Å². The second kappa shape index (κ2) is 10.5. The first-order valence-corrected chi connectivity index (χ1v) is 14.5. The molecule has 0 fully saturated rings. The Kier molecular flexibility index (Phi) is 7.09. The molecule has 5 rings (SSSR count). The molecule has 4 aromatic rings. The summed E-state index contributed by atoms with van der Waals surface area (Å²) in [7, 11) is -3.89. The van der Waals surface area contributed by atoms with Crippen LogP contribution in [0.15, 0.2) is 70.3 Å².